The molecule has 0 saturated carbocycles. The first-order chi connectivity index (χ1) is 16.3. The average molecular weight is 435 g/mol. The number of rotatable bonds is 7. The van der Waals surface area contributed by atoms with Crippen molar-refractivity contribution in [2.45, 2.75) is 20.1 Å². The van der Waals surface area contributed by atoms with Gasteiger partial charge in [-0.2, -0.15) is 0 Å². The van der Waals surface area contributed by atoms with Crippen molar-refractivity contribution in [3.8, 4) is 11.5 Å². The van der Waals surface area contributed by atoms with Gasteiger partial charge in [0.1, 0.15) is 12.4 Å². The molecule has 0 unspecified atom stereocenters. The summed E-state index contributed by atoms with van der Waals surface area (Å²) in [6.07, 6.45) is 4.04. The maximum absolute atomic E-state index is 6.21. The van der Waals surface area contributed by atoms with E-state index in [-0.39, 0.29) is 0 Å². The highest BCUT2D eigenvalue weighted by Crippen LogP contribution is 2.30. The van der Waals surface area contributed by atoms with E-state index in [1.54, 1.807) is 7.11 Å². The van der Waals surface area contributed by atoms with Crippen molar-refractivity contribution in [3.05, 3.63) is 108 Å². The maximum Gasteiger partial charge on any atom is 0.161 e. The summed E-state index contributed by atoms with van der Waals surface area (Å²) in [4.78, 5) is 4.89. The van der Waals surface area contributed by atoms with E-state index in [4.69, 9.17) is 14.5 Å². The second-order valence-corrected chi connectivity index (χ2v) is 7.94. The van der Waals surface area contributed by atoms with Crippen molar-refractivity contribution in [1.82, 2.24) is 9.55 Å². The number of methoxy groups -OCH3 is 1. The third kappa shape index (κ3) is 4.20. The molecule has 4 heteroatoms. The fraction of sp³-hybridized carbons (Fsp3) is 0.138. The van der Waals surface area contributed by atoms with E-state index >= 15 is 0 Å². The molecular formula is C29H26N2O2. The van der Waals surface area contributed by atoms with Crippen LogP contribution in [0.5, 0.6) is 11.5 Å². The van der Waals surface area contributed by atoms with Crippen LogP contribution in [-0.2, 0) is 13.2 Å². The summed E-state index contributed by atoms with van der Waals surface area (Å²) in [5, 5.41) is 2.49. The van der Waals surface area contributed by atoms with Gasteiger partial charge in [-0.1, -0.05) is 72.8 Å². The molecule has 0 N–H and O–H groups in total. The third-order valence-corrected chi connectivity index (χ3v) is 5.85. The zero-order valence-electron chi connectivity index (χ0n) is 18.9. The molecule has 0 atom stereocenters. The van der Waals surface area contributed by atoms with Crippen molar-refractivity contribution in [2.24, 2.45) is 0 Å². The summed E-state index contributed by atoms with van der Waals surface area (Å²) in [5.41, 5.74) is 4.39. The van der Waals surface area contributed by atoms with Gasteiger partial charge < -0.3 is 14.0 Å². The van der Waals surface area contributed by atoms with Gasteiger partial charge in [-0.15, -0.1) is 0 Å². The molecule has 0 aliphatic carbocycles. The summed E-state index contributed by atoms with van der Waals surface area (Å²) >= 11 is 0. The van der Waals surface area contributed by atoms with E-state index in [1.165, 1.54) is 16.3 Å². The van der Waals surface area contributed by atoms with Crippen LogP contribution in [0.15, 0.2) is 91.0 Å². The number of fused-ring (bicyclic) bond motifs is 2. The van der Waals surface area contributed by atoms with Gasteiger partial charge in [0.25, 0.3) is 0 Å². The zero-order valence-corrected chi connectivity index (χ0v) is 18.9. The fourth-order valence-electron chi connectivity index (χ4n) is 4.25. The molecule has 0 spiro atoms. The summed E-state index contributed by atoms with van der Waals surface area (Å²) in [5.74, 6) is 2.29. The van der Waals surface area contributed by atoms with Gasteiger partial charge in [0, 0.05) is 0 Å². The predicted octanol–water partition coefficient (Wildman–Crippen LogP) is 6.86. The van der Waals surface area contributed by atoms with Crippen molar-refractivity contribution in [2.75, 3.05) is 7.11 Å². The molecule has 4 nitrogen and oxygen atoms in total. The highest BCUT2D eigenvalue weighted by atomic mass is 16.5. The topological polar surface area (TPSA) is 36.3 Å². The highest BCUT2D eigenvalue weighted by Gasteiger charge is 2.14. The quantitative estimate of drug-likeness (QED) is 0.281. The lowest BCUT2D eigenvalue weighted by atomic mass is 10.0. The van der Waals surface area contributed by atoms with E-state index in [9.17, 15) is 0 Å². The fourth-order valence-corrected chi connectivity index (χ4v) is 4.25. The average Bonchev–Trinajstić information content (AvgIpc) is 3.21. The monoisotopic (exact) mass is 434 g/mol. The van der Waals surface area contributed by atoms with Crippen LogP contribution < -0.4 is 9.47 Å². The lowest BCUT2D eigenvalue weighted by molar-refractivity contribution is 0.273. The molecule has 0 radical (unpaired) electrons. The standard InChI is InChI=1S/C29H26N2O2/c1-3-9-21-16-17-27(28(18-21)32-2)33-20-29-30-25-14-6-7-15-26(25)31(29)19-23-12-8-11-22-10-4-5-13-24(22)23/h3-18H,19-20H2,1-2H3/b9-3-. The number of allylic oxidation sites excluding steroid dienone is 1. The summed E-state index contributed by atoms with van der Waals surface area (Å²) in [6.45, 7) is 3.06. The first-order valence-corrected chi connectivity index (χ1v) is 11.1. The van der Waals surface area contributed by atoms with E-state index in [1.807, 2.05) is 49.4 Å². The van der Waals surface area contributed by atoms with E-state index in [2.05, 4.69) is 59.2 Å². The Hall–Kier alpha value is -4.05. The highest BCUT2D eigenvalue weighted by molar-refractivity contribution is 5.86. The van der Waals surface area contributed by atoms with Crippen LogP contribution >= 0.6 is 0 Å². The molecule has 5 rings (SSSR count). The number of ether oxygens (including phenoxy) is 2. The van der Waals surface area contributed by atoms with Crippen LogP contribution in [-0.4, -0.2) is 16.7 Å². The molecule has 0 aliphatic heterocycles. The molecule has 0 fully saturated rings. The van der Waals surface area contributed by atoms with Gasteiger partial charge in [0.15, 0.2) is 11.5 Å². The van der Waals surface area contributed by atoms with Gasteiger partial charge in [-0.3, -0.25) is 0 Å². The van der Waals surface area contributed by atoms with Gasteiger partial charge in [0.2, 0.25) is 0 Å². The predicted molar refractivity (Wildman–Crippen MR) is 135 cm³/mol. The van der Waals surface area contributed by atoms with E-state index in [0.717, 1.165) is 29.0 Å². The Morgan fingerprint density at radius 3 is 2.58 bits per heavy atom. The van der Waals surface area contributed by atoms with Crippen LogP contribution in [0.4, 0.5) is 0 Å². The van der Waals surface area contributed by atoms with Crippen LogP contribution in [0.25, 0.3) is 27.9 Å². The Bertz CT molecular complexity index is 1440. The van der Waals surface area contributed by atoms with E-state index < -0.39 is 0 Å². The molecule has 0 saturated heterocycles. The number of imidazole rings is 1. The Morgan fingerprint density at radius 2 is 1.70 bits per heavy atom. The number of aromatic nitrogens is 2. The molecule has 1 heterocycles. The number of benzene rings is 4. The second-order valence-electron chi connectivity index (χ2n) is 7.94. The normalized spacial score (nSPS) is 11.5. The summed E-state index contributed by atoms with van der Waals surface area (Å²) < 4.78 is 14.0. The Kier molecular flexibility index (Phi) is 5.81. The molecule has 0 amide bonds. The Balaban J connectivity index is 1.50. The first kappa shape index (κ1) is 20.8. The molecule has 0 aliphatic rings. The summed E-state index contributed by atoms with van der Waals surface area (Å²) in [6, 6.07) is 29.1. The van der Waals surface area contributed by atoms with Gasteiger partial charge in [-0.25, -0.2) is 4.98 Å². The smallest absolute Gasteiger partial charge is 0.161 e. The molecule has 4 aromatic carbocycles. The lowest BCUT2D eigenvalue weighted by Crippen LogP contribution is -2.09. The largest absolute Gasteiger partial charge is 0.493 e. The summed E-state index contributed by atoms with van der Waals surface area (Å²) in [7, 11) is 1.66. The minimum Gasteiger partial charge on any atom is -0.493 e. The Morgan fingerprint density at radius 1 is 0.879 bits per heavy atom. The lowest BCUT2D eigenvalue weighted by Gasteiger charge is -2.14. The zero-order chi connectivity index (χ0) is 22.6. The maximum atomic E-state index is 6.21. The molecule has 0 bridgehead atoms. The van der Waals surface area contributed by atoms with Gasteiger partial charge >= 0.3 is 0 Å². The van der Waals surface area contributed by atoms with Crippen LogP contribution in [0.2, 0.25) is 0 Å². The van der Waals surface area contributed by atoms with E-state index in [0.29, 0.717) is 18.1 Å². The van der Waals surface area contributed by atoms with Crippen LogP contribution in [0.1, 0.15) is 23.9 Å². The molecule has 33 heavy (non-hydrogen) atoms. The van der Waals surface area contributed by atoms with Crippen molar-refractivity contribution in [1.29, 1.82) is 0 Å². The van der Waals surface area contributed by atoms with Gasteiger partial charge in [0.05, 0.1) is 24.7 Å². The number of hydrogen-bond acceptors (Lipinski definition) is 3. The van der Waals surface area contributed by atoms with Crippen molar-refractivity contribution < 1.29 is 9.47 Å². The van der Waals surface area contributed by atoms with Crippen molar-refractivity contribution in [3.63, 3.8) is 0 Å². The van der Waals surface area contributed by atoms with Crippen molar-refractivity contribution >= 4 is 27.9 Å². The van der Waals surface area contributed by atoms with Gasteiger partial charge in [-0.05, 0) is 53.1 Å². The minimum absolute atomic E-state index is 0.346. The van der Waals surface area contributed by atoms with Crippen LogP contribution in [0, 0.1) is 0 Å². The molecular weight excluding hydrogens is 408 g/mol. The molecule has 5 aromatic rings. The number of para-hydroxylation sites is 2. The second kappa shape index (κ2) is 9.21. The first-order valence-electron chi connectivity index (χ1n) is 11.1. The number of nitrogens with zero attached hydrogens (tertiary/aromatic N) is 2. The third-order valence-electron chi connectivity index (χ3n) is 5.85. The molecule has 164 valence electrons. The number of hydrogen-bond donors (Lipinski definition) is 0. The minimum atomic E-state index is 0.346. The Labute approximate surface area is 193 Å². The molecule has 1 aromatic heterocycles. The SMILES string of the molecule is C/C=C\c1ccc(OCc2nc3ccccc3n2Cc2cccc3ccccc23)c(OC)c1. The van der Waals surface area contributed by atoms with Crippen LogP contribution in [0.3, 0.4) is 0 Å².